The second kappa shape index (κ2) is 8.63. The van der Waals surface area contributed by atoms with E-state index in [1.54, 1.807) is 43.5 Å². The first-order chi connectivity index (χ1) is 12.0. The van der Waals surface area contributed by atoms with Gasteiger partial charge in [-0.1, -0.05) is 24.3 Å². The smallest absolute Gasteiger partial charge is 0.331 e. The first-order valence-corrected chi connectivity index (χ1v) is 7.57. The topological polar surface area (TPSA) is 64.6 Å². The highest BCUT2D eigenvalue weighted by Crippen LogP contribution is 2.14. The third kappa shape index (κ3) is 5.46. The van der Waals surface area contributed by atoms with Crippen molar-refractivity contribution in [2.45, 2.75) is 13.0 Å². The fourth-order valence-corrected chi connectivity index (χ4v) is 1.94. The summed E-state index contributed by atoms with van der Waals surface area (Å²) in [5, 5.41) is 2.37. The Morgan fingerprint density at radius 3 is 2.44 bits per heavy atom. The molecule has 6 heteroatoms. The maximum absolute atomic E-state index is 13.5. The highest BCUT2D eigenvalue weighted by atomic mass is 19.1. The number of carbonyl (C=O) groups excluding carboxylic acids is 2. The van der Waals surface area contributed by atoms with Crippen LogP contribution in [0, 0.1) is 5.82 Å². The summed E-state index contributed by atoms with van der Waals surface area (Å²) >= 11 is 0. The van der Waals surface area contributed by atoms with Crippen LogP contribution in [0.3, 0.4) is 0 Å². The van der Waals surface area contributed by atoms with Gasteiger partial charge in [0.1, 0.15) is 11.6 Å². The van der Waals surface area contributed by atoms with Gasteiger partial charge in [0.15, 0.2) is 6.10 Å². The van der Waals surface area contributed by atoms with Crippen LogP contribution in [0.25, 0.3) is 6.08 Å². The van der Waals surface area contributed by atoms with Gasteiger partial charge in [-0.05, 0) is 42.8 Å². The van der Waals surface area contributed by atoms with Crippen LogP contribution in [-0.2, 0) is 14.3 Å². The molecule has 0 unspecified atom stereocenters. The lowest BCUT2D eigenvalue weighted by Crippen LogP contribution is -2.29. The predicted octanol–water partition coefficient (Wildman–Crippen LogP) is 3.42. The van der Waals surface area contributed by atoms with E-state index >= 15 is 0 Å². The van der Waals surface area contributed by atoms with E-state index in [9.17, 15) is 14.0 Å². The van der Waals surface area contributed by atoms with Crippen LogP contribution in [0.4, 0.5) is 10.1 Å². The van der Waals surface area contributed by atoms with Gasteiger partial charge in [-0.25, -0.2) is 9.18 Å². The monoisotopic (exact) mass is 343 g/mol. The molecule has 0 spiro atoms. The number of ether oxygens (including phenoxy) is 2. The highest BCUT2D eigenvalue weighted by Gasteiger charge is 2.17. The van der Waals surface area contributed by atoms with Gasteiger partial charge < -0.3 is 14.8 Å². The van der Waals surface area contributed by atoms with Gasteiger partial charge in [0.25, 0.3) is 5.91 Å². The second-order valence-electron chi connectivity index (χ2n) is 5.15. The number of hydrogen-bond acceptors (Lipinski definition) is 4. The Morgan fingerprint density at radius 2 is 1.80 bits per heavy atom. The fraction of sp³-hybridized carbons (Fsp3) is 0.158. The first-order valence-electron chi connectivity index (χ1n) is 7.57. The zero-order chi connectivity index (χ0) is 18.2. The van der Waals surface area contributed by atoms with E-state index in [1.807, 2.05) is 0 Å². The van der Waals surface area contributed by atoms with Crippen LogP contribution in [0.2, 0.25) is 0 Å². The maximum Gasteiger partial charge on any atom is 0.331 e. The van der Waals surface area contributed by atoms with E-state index in [1.165, 1.54) is 31.2 Å². The molecule has 0 aliphatic heterocycles. The van der Waals surface area contributed by atoms with Crippen molar-refractivity contribution in [1.29, 1.82) is 0 Å². The summed E-state index contributed by atoms with van der Waals surface area (Å²) in [5.74, 6) is -1.14. The summed E-state index contributed by atoms with van der Waals surface area (Å²) in [5.41, 5.74) is 0.811. The molecule has 0 radical (unpaired) electrons. The van der Waals surface area contributed by atoms with Crippen LogP contribution in [0.1, 0.15) is 12.5 Å². The molecule has 0 bridgehead atoms. The van der Waals surface area contributed by atoms with E-state index in [2.05, 4.69) is 5.32 Å². The van der Waals surface area contributed by atoms with E-state index in [-0.39, 0.29) is 5.69 Å². The SMILES string of the molecule is COc1ccc(/C=C/C(=O)O[C@H](C)C(=O)Nc2ccccc2F)cc1. The van der Waals surface area contributed by atoms with Gasteiger partial charge in [0.05, 0.1) is 12.8 Å². The number of nitrogens with one attached hydrogen (secondary N) is 1. The molecule has 0 aromatic heterocycles. The first kappa shape index (κ1) is 18.2. The van der Waals surface area contributed by atoms with Crippen LogP contribution >= 0.6 is 0 Å². The van der Waals surface area contributed by atoms with Gasteiger partial charge in [-0.2, -0.15) is 0 Å². The van der Waals surface area contributed by atoms with Gasteiger partial charge in [-0.3, -0.25) is 4.79 Å². The lowest BCUT2D eigenvalue weighted by atomic mass is 10.2. The van der Waals surface area contributed by atoms with Crippen LogP contribution in [0.5, 0.6) is 5.75 Å². The van der Waals surface area contributed by atoms with Crippen molar-refractivity contribution in [2.75, 3.05) is 12.4 Å². The average Bonchev–Trinajstić information content (AvgIpc) is 2.62. The van der Waals surface area contributed by atoms with Crippen molar-refractivity contribution in [1.82, 2.24) is 0 Å². The molecule has 130 valence electrons. The zero-order valence-electron chi connectivity index (χ0n) is 13.9. The number of methoxy groups -OCH3 is 1. The molecule has 1 atom stereocenters. The minimum atomic E-state index is -1.06. The molecule has 1 N–H and O–H groups in total. The fourth-order valence-electron chi connectivity index (χ4n) is 1.94. The lowest BCUT2D eigenvalue weighted by molar-refractivity contribution is -0.148. The molecule has 0 heterocycles. The molecule has 2 rings (SSSR count). The maximum atomic E-state index is 13.5. The number of esters is 1. The predicted molar refractivity (Wildman–Crippen MR) is 92.6 cm³/mol. The van der Waals surface area contributed by atoms with Crippen molar-refractivity contribution in [3.8, 4) is 5.75 Å². The Kier molecular flexibility index (Phi) is 6.28. The molecule has 1 amide bonds. The average molecular weight is 343 g/mol. The molecule has 25 heavy (non-hydrogen) atoms. The molecule has 0 aliphatic carbocycles. The van der Waals surface area contributed by atoms with Gasteiger partial charge in [0.2, 0.25) is 0 Å². The van der Waals surface area contributed by atoms with E-state index in [4.69, 9.17) is 9.47 Å². The molecule has 0 aliphatic rings. The van der Waals surface area contributed by atoms with Crippen molar-refractivity contribution >= 4 is 23.6 Å². The number of anilines is 1. The standard InChI is InChI=1S/C19H18FNO4/c1-13(19(23)21-17-6-4-3-5-16(17)20)25-18(22)12-9-14-7-10-15(24-2)11-8-14/h3-13H,1-2H3,(H,21,23)/b12-9+/t13-/m1/s1. The minimum Gasteiger partial charge on any atom is -0.497 e. The highest BCUT2D eigenvalue weighted by molar-refractivity contribution is 5.96. The number of rotatable bonds is 6. The Bertz CT molecular complexity index is 771. The van der Waals surface area contributed by atoms with Crippen molar-refractivity contribution in [3.63, 3.8) is 0 Å². The van der Waals surface area contributed by atoms with Crippen LogP contribution < -0.4 is 10.1 Å². The quantitative estimate of drug-likeness (QED) is 0.645. The van der Waals surface area contributed by atoms with Crippen LogP contribution in [0.15, 0.2) is 54.6 Å². The molecule has 2 aromatic carbocycles. The van der Waals surface area contributed by atoms with E-state index in [0.29, 0.717) is 5.75 Å². The number of carbonyl (C=O) groups is 2. The Labute approximate surface area is 145 Å². The molecule has 5 nitrogen and oxygen atoms in total. The Morgan fingerprint density at radius 1 is 1.12 bits per heavy atom. The number of hydrogen-bond donors (Lipinski definition) is 1. The number of benzene rings is 2. The van der Waals surface area contributed by atoms with Crippen molar-refractivity contribution < 1.29 is 23.5 Å². The summed E-state index contributed by atoms with van der Waals surface area (Å²) in [6.45, 7) is 1.41. The summed E-state index contributed by atoms with van der Waals surface area (Å²) in [4.78, 5) is 23.7. The molecular formula is C19H18FNO4. The number of amides is 1. The summed E-state index contributed by atoms with van der Waals surface area (Å²) in [7, 11) is 1.57. The second-order valence-corrected chi connectivity index (χ2v) is 5.15. The summed E-state index contributed by atoms with van der Waals surface area (Å²) in [6.07, 6.45) is 1.71. The third-order valence-corrected chi connectivity index (χ3v) is 3.32. The molecule has 0 saturated heterocycles. The van der Waals surface area contributed by atoms with E-state index < -0.39 is 23.8 Å². The normalized spacial score (nSPS) is 11.8. The molecule has 0 fully saturated rings. The number of para-hydroxylation sites is 1. The van der Waals surface area contributed by atoms with Crippen molar-refractivity contribution in [2.24, 2.45) is 0 Å². The lowest BCUT2D eigenvalue weighted by Gasteiger charge is -2.12. The Balaban J connectivity index is 1.89. The third-order valence-electron chi connectivity index (χ3n) is 3.32. The van der Waals surface area contributed by atoms with Gasteiger partial charge in [-0.15, -0.1) is 0 Å². The number of halogens is 1. The molecule has 0 saturated carbocycles. The molecule has 2 aromatic rings. The van der Waals surface area contributed by atoms with Gasteiger partial charge in [0, 0.05) is 6.08 Å². The largest absolute Gasteiger partial charge is 0.497 e. The summed E-state index contributed by atoms with van der Waals surface area (Å²) < 4.78 is 23.5. The van der Waals surface area contributed by atoms with E-state index in [0.717, 1.165) is 5.56 Å². The van der Waals surface area contributed by atoms with Crippen LogP contribution in [-0.4, -0.2) is 25.1 Å². The zero-order valence-corrected chi connectivity index (χ0v) is 13.9. The Hall–Kier alpha value is -3.15. The van der Waals surface area contributed by atoms with Gasteiger partial charge >= 0.3 is 5.97 Å². The summed E-state index contributed by atoms with van der Waals surface area (Å²) in [6, 6.07) is 12.8. The van der Waals surface area contributed by atoms with Crippen molar-refractivity contribution in [3.05, 3.63) is 66.0 Å². The molecular weight excluding hydrogens is 325 g/mol. The minimum absolute atomic E-state index is 0.0316.